The van der Waals surface area contributed by atoms with E-state index in [1.807, 2.05) is 0 Å². The van der Waals surface area contributed by atoms with Crippen LogP contribution in [0.15, 0.2) is 36.6 Å². The van der Waals surface area contributed by atoms with Crippen molar-refractivity contribution in [3.05, 3.63) is 47.4 Å². The second-order valence-electron chi connectivity index (χ2n) is 5.45. The Morgan fingerprint density at radius 3 is 3.06 bits per heavy atom. The lowest BCUT2D eigenvalue weighted by molar-refractivity contribution is 0.0357. The van der Waals surface area contributed by atoms with Gasteiger partial charge in [0.25, 0.3) is 0 Å². The maximum atomic E-state index is 14.2. The number of methoxy groups -OCH3 is 1. The lowest BCUT2D eigenvalue weighted by atomic mass is 10.2. The standard InChI is InChI=1S/C22H24ClFN4O3/c1-29-20-13-19-16(12-21(20)31-8-2-5-28-6-9-30-10-7-28)22(26-14-25-19)27-15-3-4-18(24)17(23)11-15/h3-4,11-14H,2,5-10H2,1H3,(H,25,26,27)/i1D3,2D2,3D,4D,5D2,6D2,7D2,8D2,9D2,10D2,11D. The molecular formula is C22H24ClFN4O3. The summed E-state index contributed by atoms with van der Waals surface area (Å²) in [7, 11) is -3.30. The Kier molecular flexibility index (Phi) is 2.61. The predicted molar refractivity (Wildman–Crippen MR) is 118 cm³/mol. The van der Waals surface area contributed by atoms with Gasteiger partial charge in [-0.15, -0.1) is 0 Å². The molecule has 31 heavy (non-hydrogen) atoms. The van der Waals surface area contributed by atoms with E-state index in [4.69, 9.17) is 48.5 Å². The zero-order chi connectivity index (χ0) is 39.3. The van der Waals surface area contributed by atoms with Crippen LogP contribution in [0.2, 0.25) is 5.02 Å². The lowest BCUT2D eigenvalue weighted by Gasteiger charge is -2.26. The molecule has 3 aromatic rings. The van der Waals surface area contributed by atoms with E-state index in [-0.39, 0.29) is 16.7 Å². The molecule has 0 amide bonds. The van der Waals surface area contributed by atoms with Gasteiger partial charge >= 0.3 is 0 Å². The van der Waals surface area contributed by atoms with Crippen LogP contribution in [-0.4, -0.2) is 61.1 Å². The highest BCUT2D eigenvalue weighted by Crippen LogP contribution is 2.35. The molecule has 0 saturated carbocycles. The van der Waals surface area contributed by atoms with Gasteiger partial charge in [-0.2, -0.15) is 0 Å². The summed E-state index contributed by atoms with van der Waals surface area (Å²) in [5.74, 6) is -3.66. The highest BCUT2D eigenvalue weighted by Gasteiger charge is 2.14. The summed E-state index contributed by atoms with van der Waals surface area (Å²) in [5.41, 5.74) is -0.764. The Hall–Kier alpha value is -2.68. The predicted octanol–water partition coefficient (Wildman–Crippen LogP) is 4.28. The van der Waals surface area contributed by atoms with Crippen molar-refractivity contribution in [2.24, 2.45) is 0 Å². The average molecular weight is 467 g/mol. The van der Waals surface area contributed by atoms with Gasteiger partial charge in [-0.3, -0.25) is 4.90 Å². The van der Waals surface area contributed by atoms with E-state index in [0.717, 1.165) is 18.5 Å². The second-order valence-corrected chi connectivity index (χ2v) is 5.83. The van der Waals surface area contributed by atoms with Crippen LogP contribution >= 0.6 is 11.6 Å². The van der Waals surface area contributed by atoms with E-state index in [0.29, 0.717) is 0 Å². The van der Waals surface area contributed by atoms with Crippen molar-refractivity contribution in [1.29, 1.82) is 0 Å². The van der Waals surface area contributed by atoms with Gasteiger partial charge in [0.1, 0.15) is 18.0 Å². The molecule has 9 heteroatoms. The number of rotatable bonds is 8. The van der Waals surface area contributed by atoms with E-state index >= 15 is 0 Å². The summed E-state index contributed by atoms with van der Waals surface area (Å²) in [6.45, 7) is -24.3. The normalized spacial score (nSPS) is 32.3. The Morgan fingerprint density at radius 2 is 2.23 bits per heavy atom. The SMILES string of the molecule is [2H]c1c([2H])c(Nc2ncnc3cc(OC([2H])([2H])[2H])c(OC([2H])([2H])C([2H])([2H])C([2H])([2H])N4C([2H])([2H])C([2H])([2H])OC([2H])([2H])C4([2H])[2H])cc23)c([2H])c(Cl)c1F. The molecule has 1 fully saturated rings. The molecule has 1 N–H and O–H groups in total. The minimum Gasteiger partial charge on any atom is -0.493 e. The van der Waals surface area contributed by atoms with Crippen molar-refractivity contribution in [3.8, 4) is 11.5 Å². The molecule has 1 saturated heterocycles. The first-order valence-electron chi connectivity index (χ1n) is 18.1. The zero-order valence-electron chi connectivity index (χ0n) is 35.1. The van der Waals surface area contributed by atoms with Crippen molar-refractivity contribution < 1.29 is 46.0 Å². The first-order chi connectivity index (χ1) is 22.7. The molecule has 0 radical (unpaired) electrons. The van der Waals surface area contributed by atoms with Gasteiger partial charge in [-0.25, -0.2) is 14.4 Å². The molecule has 1 aromatic heterocycles. The Bertz CT molecular complexity index is 1820. The van der Waals surface area contributed by atoms with Crippen molar-refractivity contribution in [1.82, 2.24) is 14.9 Å². The lowest BCUT2D eigenvalue weighted by Crippen LogP contribution is -2.37. The van der Waals surface area contributed by atoms with E-state index in [1.165, 1.54) is 0 Å². The average Bonchev–Trinajstić information content (AvgIpc) is 2.95. The van der Waals surface area contributed by atoms with Crippen LogP contribution in [0.4, 0.5) is 15.9 Å². The summed E-state index contributed by atoms with van der Waals surface area (Å²) in [6.07, 6.45) is -3.43. The minimum absolute atomic E-state index is 0.213. The monoisotopic (exact) mass is 466 g/mol. The molecule has 0 spiro atoms. The van der Waals surface area contributed by atoms with Gasteiger partial charge in [0.15, 0.2) is 11.5 Å². The third-order valence-corrected chi connectivity index (χ3v) is 3.84. The molecule has 1 aliphatic rings. The van der Waals surface area contributed by atoms with Crippen LogP contribution in [0.1, 0.15) is 33.8 Å². The molecule has 0 bridgehead atoms. The van der Waals surface area contributed by atoms with E-state index < -0.39 is 104 Å². The molecule has 0 unspecified atom stereocenters. The summed E-state index contributed by atoms with van der Waals surface area (Å²) < 4.78 is 190. The fourth-order valence-corrected chi connectivity index (χ4v) is 2.42. The molecule has 2 aromatic carbocycles. The summed E-state index contributed by atoms with van der Waals surface area (Å²) in [5, 5.41) is 1.36. The van der Waals surface area contributed by atoms with Crippen molar-refractivity contribution in [3.63, 3.8) is 0 Å². The van der Waals surface area contributed by atoms with E-state index in [2.05, 4.69) is 20.0 Å². The number of anilines is 2. The number of ether oxygens (including phenoxy) is 3. The molecule has 7 nitrogen and oxygen atoms in total. The quantitative estimate of drug-likeness (QED) is 0.531. The number of morpholine rings is 1. The second kappa shape index (κ2) is 10.1. The van der Waals surface area contributed by atoms with Crippen LogP contribution < -0.4 is 14.8 Å². The van der Waals surface area contributed by atoms with Gasteiger partial charge < -0.3 is 19.5 Å². The Balaban J connectivity index is 1.90. The van der Waals surface area contributed by atoms with Crippen molar-refractivity contribution in [2.75, 3.05) is 51.5 Å². The van der Waals surface area contributed by atoms with Crippen molar-refractivity contribution in [2.45, 2.75) is 6.37 Å². The fraction of sp³-hybridized carbons (Fsp3) is 0.364. The van der Waals surface area contributed by atoms with Gasteiger partial charge in [-0.05, 0) is 30.6 Å². The molecule has 0 atom stereocenters. The van der Waals surface area contributed by atoms with Crippen molar-refractivity contribution >= 4 is 34.0 Å². The number of nitrogens with zero attached hydrogens (tertiary/aromatic N) is 3. The Morgan fingerprint density at radius 1 is 1.35 bits per heavy atom. The van der Waals surface area contributed by atoms with E-state index in [9.17, 15) is 4.39 Å². The minimum atomic E-state index is -4.36. The van der Waals surface area contributed by atoms with Gasteiger partial charge in [0, 0.05) is 47.6 Å². The first-order valence-corrected chi connectivity index (χ1v) is 8.52. The van der Waals surface area contributed by atoms with Gasteiger partial charge in [0.05, 0.1) is 53.7 Å². The first kappa shape index (κ1) is 8.03. The van der Waals surface area contributed by atoms with Crippen LogP contribution in [-0.2, 0) is 4.74 Å². The summed E-state index contributed by atoms with van der Waals surface area (Å²) >= 11 is 5.79. The van der Waals surface area contributed by atoms with Crippen LogP contribution in [0, 0.1) is 5.82 Å². The molecule has 1 aliphatic heterocycles. The summed E-state index contributed by atoms with van der Waals surface area (Å²) in [6, 6.07) is -1.08. The number of benzene rings is 2. The highest BCUT2D eigenvalue weighted by atomic mass is 35.5. The van der Waals surface area contributed by atoms with Crippen LogP contribution in [0.25, 0.3) is 10.9 Å². The molecule has 0 aliphatic carbocycles. The number of aromatic nitrogens is 2. The maximum Gasteiger partial charge on any atom is 0.162 e. The number of hydrogen-bond acceptors (Lipinski definition) is 7. The smallest absolute Gasteiger partial charge is 0.162 e. The van der Waals surface area contributed by atoms with Gasteiger partial charge in [0.2, 0.25) is 0 Å². The highest BCUT2D eigenvalue weighted by molar-refractivity contribution is 6.31. The van der Waals surface area contributed by atoms with Crippen LogP contribution in [0.5, 0.6) is 11.5 Å². The van der Waals surface area contributed by atoms with Gasteiger partial charge in [-0.1, -0.05) is 11.6 Å². The fourth-order valence-electron chi connectivity index (χ4n) is 2.28. The topological polar surface area (TPSA) is 68.7 Å². The van der Waals surface area contributed by atoms with E-state index in [1.54, 1.807) is 0 Å². The summed E-state index contributed by atoms with van der Waals surface area (Å²) in [4.78, 5) is 7.01. The third-order valence-electron chi connectivity index (χ3n) is 3.58. The number of halogens is 2. The number of fused-ring (bicyclic) bond motifs is 1. The molecular weight excluding hydrogens is 423 g/mol. The largest absolute Gasteiger partial charge is 0.493 e. The number of hydrogen-bond donors (Lipinski definition) is 1. The molecule has 164 valence electrons. The Labute approximate surface area is 213 Å². The van der Waals surface area contributed by atoms with Crippen LogP contribution in [0.3, 0.4) is 0 Å². The zero-order valence-corrected chi connectivity index (χ0v) is 15.8. The third kappa shape index (κ3) is 5.33. The number of nitrogens with one attached hydrogen (secondary N) is 1. The molecule has 2 heterocycles. The maximum absolute atomic E-state index is 14.2. The molecule has 4 rings (SSSR count).